The van der Waals surface area contributed by atoms with Crippen LogP contribution in [0, 0.1) is 10.8 Å². The fourth-order valence-corrected chi connectivity index (χ4v) is 1.89. The molecule has 2 heteroatoms. The van der Waals surface area contributed by atoms with E-state index >= 15 is 0 Å². The van der Waals surface area contributed by atoms with Crippen LogP contribution in [0.15, 0.2) is 0 Å². The van der Waals surface area contributed by atoms with Gasteiger partial charge in [0, 0.05) is 5.41 Å². The molecule has 0 aromatic rings. The zero-order valence-corrected chi connectivity index (χ0v) is 10.9. The number of carbonyl (C=O) groups excluding carboxylic acids is 2. The summed E-state index contributed by atoms with van der Waals surface area (Å²) in [6.07, 6.45) is 1.96. The highest BCUT2D eigenvalue weighted by atomic mass is 16.1. The summed E-state index contributed by atoms with van der Waals surface area (Å²) in [6, 6.07) is 0. The van der Waals surface area contributed by atoms with Crippen LogP contribution in [0.1, 0.15) is 60.8 Å². The molecule has 88 valence electrons. The highest BCUT2D eigenvalue weighted by Crippen LogP contribution is 2.37. The largest absolute Gasteiger partial charge is 0.300 e. The van der Waals surface area contributed by atoms with Crippen molar-refractivity contribution in [1.29, 1.82) is 0 Å². The maximum Gasteiger partial charge on any atom is 0.145 e. The lowest BCUT2D eigenvalue weighted by molar-refractivity contribution is -0.132. The van der Waals surface area contributed by atoms with Crippen LogP contribution < -0.4 is 0 Å². The van der Waals surface area contributed by atoms with Crippen molar-refractivity contribution in [3.05, 3.63) is 0 Å². The van der Waals surface area contributed by atoms with Crippen LogP contribution in [0.25, 0.3) is 0 Å². The number of ketones is 2. The summed E-state index contributed by atoms with van der Waals surface area (Å²) >= 11 is 0. The van der Waals surface area contributed by atoms with Gasteiger partial charge in [0.25, 0.3) is 0 Å². The molecule has 15 heavy (non-hydrogen) atoms. The maximum atomic E-state index is 11.8. The Morgan fingerprint density at radius 2 is 1.53 bits per heavy atom. The van der Waals surface area contributed by atoms with Crippen LogP contribution in [-0.4, -0.2) is 11.6 Å². The normalized spacial score (nSPS) is 12.7. The molecule has 0 aliphatic rings. The van der Waals surface area contributed by atoms with Crippen molar-refractivity contribution in [3.63, 3.8) is 0 Å². The molecule has 0 N–H and O–H groups in total. The molecule has 0 spiro atoms. The van der Waals surface area contributed by atoms with Crippen molar-refractivity contribution in [1.82, 2.24) is 0 Å². The van der Waals surface area contributed by atoms with Crippen LogP contribution in [-0.2, 0) is 9.59 Å². The fourth-order valence-electron chi connectivity index (χ4n) is 1.89. The molecule has 0 heterocycles. The Morgan fingerprint density at radius 3 is 1.87 bits per heavy atom. The van der Waals surface area contributed by atoms with Gasteiger partial charge in [0.1, 0.15) is 11.6 Å². The zero-order chi connectivity index (χ0) is 12.3. The molecule has 0 unspecified atom stereocenters. The van der Waals surface area contributed by atoms with E-state index in [-0.39, 0.29) is 28.8 Å². The summed E-state index contributed by atoms with van der Waals surface area (Å²) in [5.41, 5.74) is -0.221. The third-order valence-corrected chi connectivity index (χ3v) is 3.04. The summed E-state index contributed by atoms with van der Waals surface area (Å²) < 4.78 is 0. The van der Waals surface area contributed by atoms with Gasteiger partial charge in [-0.2, -0.15) is 0 Å². The topological polar surface area (TPSA) is 34.1 Å². The van der Waals surface area contributed by atoms with Crippen LogP contribution in [0.2, 0.25) is 0 Å². The molecule has 0 fully saturated rings. The third kappa shape index (κ3) is 5.10. The standard InChI is InChI=1S/C13H24O2/c1-7-12(3,4)9-13(5,6)11(15)8-10(2)14/h7-9H2,1-6H3. The quantitative estimate of drug-likeness (QED) is 0.632. The van der Waals surface area contributed by atoms with Crippen molar-refractivity contribution in [2.24, 2.45) is 10.8 Å². The minimum absolute atomic E-state index is 0.0395. The average Bonchev–Trinajstić information content (AvgIpc) is 2.01. The molecule has 0 aliphatic heterocycles. The van der Waals surface area contributed by atoms with E-state index in [1.807, 2.05) is 13.8 Å². The van der Waals surface area contributed by atoms with E-state index in [0.717, 1.165) is 12.8 Å². The predicted molar refractivity (Wildman–Crippen MR) is 62.8 cm³/mol. The first-order valence-electron chi connectivity index (χ1n) is 5.63. The molecule has 0 saturated carbocycles. The van der Waals surface area contributed by atoms with Crippen molar-refractivity contribution < 1.29 is 9.59 Å². The van der Waals surface area contributed by atoms with Crippen molar-refractivity contribution in [2.75, 3.05) is 0 Å². The smallest absolute Gasteiger partial charge is 0.145 e. The lowest BCUT2D eigenvalue weighted by Gasteiger charge is -2.33. The van der Waals surface area contributed by atoms with Gasteiger partial charge >= 0.3 is 0 Å². The molecular formula is C13H24O2. The van der Waals surface area contributed by atoms with Crippen LogP contribution >= 0.6 is 0 Å². The summed E-state index contributed by atoms with van der Waals surface area (Å²) in [7, 11) is 0. The maximum absolute atomic E-state index is 11.8. The van der Waals surface area contributed by atoms with E-state index in [4.69, 9.17) is 0 Å². The second-order valence-electron chi connectivity index (χ2n) is 5.88. The molecule has 2 nitrogen and oxygen atoms in total. The third-order valence-electron chi connectivity index (χ3n) is 3.04. The second-order valence-corrected chi connectivity index (χ2v) is 5.88. The molecular weight excluding hydrogens is 188 g/mol. The first kappa shape index (κ1) is 14.3. The number of hydrogen-bond donors (Lipinski definition) is 0. The SMILES string of the molecule is CCC(C)(C)CC(C)(C)C(=O)CC(C)=O. The van der Waals surface area contributed by atoms with E-state index in [9.17, 15) is 9.59 Å². The highest BCUT2D eigenvalue weighted by molar-refractivity contribution is 6.00. The first-order valence-corrected chi connectivity index (χ1v) is 5.63. The van der Waals surface area contributed by atoms with E-state index in [0.29, 0.717) is 0 Å². The van der Waals surface area contributed by atoms with Gasteiger partial charge in [-0.1, -0.05) is 41.0 Å². The number of Topliss-reactive ketones (excluding diaryl/α,β-unsaturated/α-hetero) is 2. The van der Waals surface area contributed by atoms with Gasteiger partial charge in [-0.05, 0) is 18.8 Å². The molecule has 0 aromatic carbocycles. The van der Waals surface area contributed by atoms with E-state index in [1.165, 1.54) is 6.92 Å². The molecule has 0 radical (unpaired) electrons. The molecule has 0 saturated heterocycles. The Bertz CT molecular complexity index is 249. The molecule has 0 rings (SSSR count). The van der Waals surface area contributed by atoms with E-state index in [1.54, 1.807) is 0 Å². The van der Waals surface area contributed by atoms with Crippen LogP contribution in [0.3, 0.4) is 0 Å². The van der Waals surface area contributed by atoms with Gasteiger partial charge in [0.2, 0.25) is 0 Å². The summed E-state index contributed by atoms with van der Waals surface area (Å²) in [5, 5.41) is 0. The molecule has 0 aromatic heterocycles. The minimum Gasteiger partial charge on any atom is -0.300 e. The van der Waals surface area contributed by atoms with E-state index < -0.39 is 0 Å². The molecule has 0 bridgehead atoms. The first-order chi connectivity index (χ1) is 6.60. The van der Waals surface area contributed by atoms with E-state index in [2.05, 4.69) is 20.8 Å². The van der Waals surface area contributed by atoms with Gasteiger partial charge < -0.3 is 0 Å². The summed E-state index contributed by atoms with van der Waals surface area (Å²) in [6.45, 7) is 11.8. The van der Waals surface area contributed by atoms with Gasteiger partial charge in [0.15, 0.2) is 0 Å². The molecule has 0 atom stereocenters. The van der Waals surface area contributed by atoms with Crippen molar-refractivity contribution >= 4 is 11.6 Å². The lowest BCUT2D eigenvalue weighted by atomic mass is 9.71. The predicted octanol–water partition coefficient (Wildman–Crippen LogP) is 3.39. The Kier molecular flexibility index (Phi) is 4.69. The fraction of sp³-hybridized carbons (Fsp3) is 0.846. The van der Waals surface area contributed by atoms with Gasteiger partial charge in [0.05, 0.1) is 6.42 Å². The van der Waals surface area contributed by atoms with Gasteiger partial charge in [-0.25, -0.2) is 0 Å². The average molecular weight is 212 g/mol. The highest BCUT2D eigenvalue weighted by Gasteiger charge is 2.33. The zero-order valence-electron chi connectivity index (χ0n) is 10.9. The monoisotopic (exact) mass is 212 g/mol. The van der Waals surface area contributed by atoms with Crippen molar-refractivity contribution in [3.8, 4) is 0 Å². The van der Waals surface area contributed by atoms with Gasteiger partial charge in [-0.3, -0.25) is 9.59 Å². The van der Waals surface area contributed by atoms with Crippen molar-refractivity contribution in [2.45, 2.75) is 60.8 Å². The van der Waals surface area contributed by atoms with Crippen LogP contribution in [0.4, 0.5) is 0 Å². The minimum atomic E-state index is -0.384. The number of rotatable bonds is 6. The van der Waals surface area contributed by atoms with Crippen LogP contribution in [0.5, 0.6) is 0 Å². The Morgan fingerprint density at radius 1 is 1.07 bits per heavy atom. The summed E-state index contributed by atoms with van der Waals surface area (Å²) in [5.74, 6) is 0.0268. The number of carbonyl (C=O) groups is 2. The summed E-state index contributed by atoms with van der Waals surface area (Å²) in [4.78, 5) is 22.8. The number of hydrogen-bond acceptors (Lipinski definition) is 2. The lowest BCUT2D eigenvalue weighted by Crippen LogP contribution is -2.31. The Labute approximate surface area is 93.4 Å². The Balaban J connectivity index is 4.54. The Hall–Kier alpha value is -0.660. The van der Waals surface area contributed by atoms with Gasteiger partial charge in [-0.15, -0.1) is 0 Å². The molecule has 0 aliphatic carbocycles. The second kappa shape index (κ2) is 4.91. The molecule has 0 amide bonds.